The SMILES string of the molecule is O=C(CCC1CO1)C1CCCCC1C(=O)OCC1CO1. The molecule has 0 aromatic rings. The summed E-state index contributed by atoms with van der Waals surface area (Å²) in [5.74, 6) is -0.378. The highest BCUT2D eigenvalue weighted by molar-refractivity contribution is 5.87. The van der Waals surface area contributed by atoms with Crippen LogP contribution in [0.25, 0.3) is 0 Å². The van der Waals surface area contributed by atoms with Crippen LogP contribution in [0.2, 0.25) is 0 Å². The zero-order valence-electron chi connectivity index (χ0n) is 11.7. The molecular formula is C15H22O5. The number of epoxide rings is 2. The van der Waals surface area contributed by atoms with Gasteiger partial charge in [-0.15, -0.1) is 0 Å². The van der Waals surface area contributed by atoms with Crippen LogP contribution >= 0.6 is 0 Å². The zero-order valence-corrected chi connectivity index (χ0v) is 11.7. The fourth-order valence-corrected chi connectivity index (χ4v) is 2.97. The first kappa shape index (κ1) is 14.0. The lowest BCUT2D eigenvalue weighted by atomic mass is 9.76. The summed E-state index contributed by atoms with van der Waals surface area (Å²) in [6.45, 7) is 1.80. The van der Waals surface area contributed by atoms with Crippen molar-refractivity contribution in [3.05, 3.63) is 0 Å². The van der Waals surface area contributed by atoms with Crippen molar-refractivity contribution in [3.8, 4) is 0 Å². The molecule has 3 fully saturated rings. The Hall–Kier alpha value is -0.940. The van der Waals surface area contributed by atoms with E-state index in [4.69, 9.17) is 14.2 Å². The van der Waals surface area contributed by atoms with Crippen molar-refractivity contribution in [2.24, 2.45) is 11.8 Å². The minimum atomic E-state index is -0.241. The molecule has 5 heteroatoms. The van der Waals surface area contributed by atoms with E-state index >= 15 is 0 Å². The van der Waals surface area contributed by atoms with Gasteiger partial charge in [0.05, 0.1) is 25.2 Å². The van der Waals surface area contributed by atoms with Crippen LogP contribution in [0, 0.1) is 11.8 Å². The zero-order chi connectivity index (χ0) is 13.9. The van der Waals surface area contributed by atoms with E-state index < -0.39 is 0 Å². The number of esters is 1. The van der Waals surface area contributed by atoms with Crippen molar-refractivity contribution < 1.29 is 23.8 Å². The van der Waals surface area contributed by atoms with Crippen LogP contribution in [0.1, 0.15) is 38.5 Å². The Morgan fingerprint density at radius 1 is 1.00 bits per heavy atom. The van der Waals surface area contributed by atoms with Gasteiger partial charge in [0.25, 0.3) is 0 Å². The molecular weight excluding hydrogens is 260 g/mol. The molecule has 2 saturated heterocycles. The maximum absolute atomic E-state index is 12.3. The molecule has 0 N–H and O–H groups in total. The van der Waals surface area contributed by atoms with Crippen LogP contribution in [0.4, 0.5) is 0 Å². The number of rotatable bonds is 7. The summed E-state index contributed by atoms with van der Waals surface area (Å²) in [6, 6.07) is 0. The van der Waals surface area contributed by atoms with Gasteiger partial charge in [-0.2, -0.15) is 0 Å². The molecule has 4 atom stereocenters. The minimum absolute atomic E-state index is 0.0868. The molecule has 0 radical (unpaired) electrons. The predicted octanol–water partition coefficient (Wildman–Crippen LogP) is 1.48. The molecule has 0 amide bonds. The summed E-state index contributed by atoms with van der Waals surface area (Å²) in [5.41, 5.74) is 0. The van der Waals surface area contributed by atoms with E-state index in [0.717, 1.165) is 38.7 Å². The Labute approximate surface area is 118 Å². The maximum Gasteiger partial charge on any atom is 0.309 e. The smallest absolute Gasteiger partial charge is 0.309 e. The molecule has 112 valence electrons. The van der Waals surface area contributed by atoms with Crippen LogP contribution in [0.3, 0.4) is 0 Å². The molecule has 5 nitrogen and oxygen atoms in total. The van der Waals surface area contributed by atoms with Gasteiger partial charge in [-0.3, -0.25) is 9.59 Å². The quantitative estimate of drug-likeness (QED) is 0.522. The highest BCUT2D eigenvalue weighted by Gasteiger charge is 2.38. The van der Waals surface area contributed by atoms with Crippen molar-refractivity contribution in [3.63, 3.8) is 0 Å². The Morgan fingerprint density at radius 3 is 2.30 bits per heavy atom. The minimum Gasteiger partial charge on any atom is -0.463 e. The van der Waals surface area contributed by atoms with E-state index in [1.807, 2.05) is 0 Å². The van der Waals surface area contributed by atoms with Crippen LogP contribution in [-0.2, 0) is 23.8 Å². The highest BCUT2D eigenvalue weighted by atomic mass is 16.6. The Balaban J connectivity index is 1.50. The van der Waals surface area contributed by atoms with E-state index in [9.17, 15) is 9.59 Å². The number of hydrogen-bond donors (Lipinski definition) is 0. The van der Waals surface area contributed by atoms with Crippen molar-refractivity contribution in [1.82, 2.24) is 0 Å². The fraction of sp³-hybridized carbons (Fsp3) is 0.867. The third kappa shape index (κ3) is 3.79. The van der Waals surface area contributed by atoms with E-state index in [-0.39, 0.29) is 35.8 Å². The third-order valence-electron chi connectivity index (χ3n) is 4.41. The maximum atomic E-state index is 12.3. The first-order valence-electron chi connectivity index (χ1n) is 7.66. The molecule has 1 aliphatic carbocycles. The number of carbonyl (C=O) groups excluding carboxylic acids is 2. The number of Topliss-reactive ketones (excluding diaryl/α,β-unsaturated/α-hetero) is 1. The van der Waals surface area contributed by atoms with Crippen LogP contribution in [-0.4, -0.2) is 43.8 Å². The molecule has 20 heavy (non-hydrogen) atoms. The van der Waals surface area contributed by atoms with Crippen molar-refractivity contribution in [2.45, 2.75) is 50.7 Å². The highest BCUT2D eigenvalue weighted by Crippen LogP contribution is 2.33. The van der Waals surface area contributed by atoms with E-state index in [1.165, 1.54) is 0 Å². The lowest BCUT2D eigenvalue weighted by molar-refractivity contribution is -0.154. The molecule has 0 spiro atoms. The van der Waals surface area contributed by atoms with Gasteiger partial charge in [0.2, 0.25) is 0 Å². The average Bonchev–Trinajstić information content (AvgIpc) is 3.36. The third-order valence-corrected chi connectivity index (χ3v) is 4.41. The van der Waals surface area contributed by atoms with Crippen LogP contribution < -0.4 is 0 Å². The second-order valence-corrected chi connectivity index (χ2v) is 6.04. The average molecular weight is 282 g/mol. The van der Waals surface area contributed by atoms with E-state index in [2.05, 4.69) is 0 Å². The normalized spacial score (nSPS) is 35.4. The molecule has 3 rings (SSSR count). The Bertz CT molecular complexity index is 336. The Kier molecular flexibility index (Phi) is 4.36. The predicted molar refractivity (Wildman–Crippen MR) is 70.1 cm³/mol. The molecule has 3 aliphatic rings. The lowest BCUT2D eigenvalue weighted by Crippen LogP contribution is -2.34. The first-order chi connectivity index (χ1) is 9.74. The number of carbonyl (C=O) groups is 2. The lowest BCUT2D eigenvalue weighted by Gasteiger charge is -2.28. The summed E-state index contributed by atoms with van der Waals surface area (Å²) < 4.78 is 15.5. The van der Waals surface area contributed by atoms with Gasteiger partial charge >= 0.3 is 5.97 Å². The second kappa shape index (κ2) is 6.22. The van der Waals surface area contributed by atoms with Gasteiger partial charge in [0.15, 0.2) is 0 Å². The molecule has 2 heterocycles. The molecule has 2 aliphatic heterocycles. The number of hydrogen-bond acceptors (Lipinski definition) is 5. The second-order valence-electron chi connectivity index (χ2n) is 6.04. The summed E-state index contributed by atoms with van der Waals surface area (Å²) in [7, 11) is 0. The van der Waals surface area contributed by atoms with Crippen LogP contribution in [0.15, 0.2) is 0 Å². The van der Waals surface area contributed by atoms with Crippen LogP contribution in [0.5, 0.6) is 0 Å². The topological polar surface area (TPSA) is 68.4 Å². The van der Waals surface area contributed by atoms with E-state index in [0.29, 0.717) is 19.6 Å². The van der Waals surface area contributed by atoms with Gasteiger partial charge in [0.1, 0.15) is 18.5 Å². The van der Waals surface area contributed by atoms with Gasteiger partial charge in [-0.05, 0) is 19.3 Å². The fourth-order valence-electron chi connectivity index (χ4n) is 2.97. The van der Waals surface area contributed by atoms with Gasteiger partial charge < -0.3 is 14.2 Å². The molecule has 4 unspecified atom stereocenters. The molecule has 0 aromatic heterocycles. The van der Waals surface area contributed by atoms with Gasteiger partial charge in [-0.1, -0.05) is 12.8 Å². The first-order valence-corrected chi connectivity index (χ1v) is 7.66. The summed E-state index contributed by atoms with van der Waals surface area (Å²) in [4.78, 5) is 24.4. The van der Waals surface area contributed by atoms with Crippen molar-refractivity contribution in [2.75, 3.05) is 19.8 Å². The monoisotopic (exact) mass is 282 g/mol. The largest absolute Gasteiger partial charge is 0.463 e. The molecule has 0 aromatic carbocycles. The Morgan fingerprint density at radius 2 is 1.65 bits per heavy atom. The number of ketones is 1. The van der Waals surface area contributed by atoms with Crippen molar-refractivity contribution in [1.29, 1.82) is 0 Å². The standard InChI is InChI=1S/C15H22O5/c16-14(6-5-10-7-18-10)12-3-1-2-4-13(12)15(17)20-9-11-8-19-11/h10-13H,1-9H2. The van der Waals surface area contributed by atoms with Gasteiger partial charge in [-0.25, -0.2) is 0 Å². The van der Waals surface area contributed by atoms with Crippen molar-refractivity contribution >= 4 is 11.8 Å². The summed E-state index contributed by atoms with van der Waals surface area (Å²) in [5, 5.41) is 0. The van der Waals surface area contributed by atoms with Gasteiger partial charge in [0, 0.05) is 12.3 Å². The summed E-state index contributed by atoms with van der Waals surface area (Å²) >= 11 is 0. The van der Waals surface area contributed by atoms with E-state index in [1.54, 1.807) is 0 Å². The summed E-state index contributed by atoms with van der Waals surface area (Å²) in [6.07, 6.45) is 5.34. The molecule has 1 saturated carbocycles. The molecule has 0 bridgehead atoms. The number of ether oxygens (including phenoxy) is 3.